The quantitative estimate of drug-likeness (QED) is 0.614. The third-order valence-electron chi connectivity index (χ3n) is 3.24. The molecule has 6 nitrogen and oxygen atoms in total. The Bertz CT molecular complexity index is 567. The molecule has 0 bridgehead atoms. The van der Waals surface area contributed by atoms with E-state index in [-0.39, 0.29) is 24.5 Å². The summed E-state index contributed by atoms with van der Waals surface area (Å²) in [5.74, 6) is -0.725. The predicted molar refractivity (Wildman–Crippen MR) is 74.7 cm³/mol. The molecule has 0 saturated carbocycles. The molecule has 6 heteroatoms. The number of amides is 1. The summed E-state index contributed by atoms with van der Waals surface area (Å²) in [5.41, 5.74) is 0.814. The number of aliphatic carboxylic acids is 1. The highest BCUT2D eigenvalue weighted by atomic mass is 16.5. The van der Waals surface area contributed by atoms with Gasteiger partial charge in [-0.3, -0.25) is 14.4 Å². The molecule has 0 aromatic heterocycles. The molecule has 0 unspecified atom stereocenters. The van der Waals surface area contributed by atoms with E-state index >= 15 is 0 Å². The minimum absolute atomic E-state index is 0.0632. The third kappa shape index (κ3) is 4.05. The molecule has 1 amide bonds. The Balaban J connectivity index is 2.02. The Labute approximate surface area is 122 Å². The van der Waals surface area contributed by atoms with Crippen LogP contribution < -0.4 is 10.1 Å². The number of hydrogen-bond donors (Lipinski definition) is 2. The first-order valence-electron chi connectivity index (χ1n) is 6.88. The monoisotopic (exact) mass is 291 g/mol. The van der Waals surface area contributed by atoms with E-state index in [2.05, 4.69) is 5.32 Å². The number of ether oxygens (including phenoxy) is 1. The first-order chi connectivity index (χ1) is 10.1. The van der Waals surface area contributed by atoms with E-state index in [4.69, 9.17) is 9.84 Å². The summed E-state index contributed by atoms with van der Waals surface area (Å²) in [7, 11) is 0. The highest BCUT2D eigenvalue weighted by Crippen LogP contribution is 2.22. The number of rotatable bonds is 6. The molecule has 0 saturated heterocycles. The average Bonchev–Trinajstić information content (AvgIpc) is 2.65. The first-order valence-corrected chi connectivity index (χ1v) is 6.88. The lowest BCUT2D eigenvalue weighted by Gasteiger charge is -2.07. The van der Waals surface area contributed by atoms with Gasteiger partial charge < -0.3 is 15.2 Å². The fourth-order valence-electron chi connectivity index (χ4n) is 2.13. The van der Waals surface area contributed by atoms with Gasteiger partial charge in [-0.25, -0.2) is 0 Å². The number of fused-ring (bicyclic) bond motifs is 1. The van der Waals surface area contributed by atoms with Gasteiger partial charge >= 0.3 is 5.97 Å². The van der Waals surface area contributed by atoms with E-state index in [1.807, 2.05) is 0 Å². The number of hydrogen-bond acceptors (Lipinski definition) is 4. The van der Waals surface area contributed by atoms with Crippen molar-refractivity contribution in [3.63, 3.8) is 0 Å². The average molecular weight is 291 g/mol. The van der Waals surface area contributed by atoms with Crippen molar-refractivity contribution in [1.82, 2.24) is 5.32 Å². The summed E-state index contributed by atoms with van der Waals surface area (Å²) < 4.78 is 5.42. The molecule has 0 spiro atoms. The third-order valence-corrected chi connectivity index (χ3v) is 3.24. The molecule has 1 aromatic rings. The molecule has 1 aliphatic heterocycles. The van der Waals surface area contributed by atoms with Gasteiger partial charge in [0.2, 0.25) is 0 Å². The first kappa shape index (κ1) is 15.0. The number of carboxylic acids is 1. The Morgan fingerprint density at radius 1 is 1.24 bits per heavy atom. The van der Waals surface area contributed by atoms with Crippen LogP contribution in [0.4, 0.5) is 0 Å². The van der Waals surface area contributed by atoms with Crippen molar-refractivity contribution in [3.05, 3.63) is 29.3 Å². The van der Waals surface area contributed by atoms with Crippen molar-refractivity contribution in [3.8, 4) is 5.75 Å². The molecule has 1 aliphatic rings. The topological polar surface area (TPSA) is 92.7 Å². The molecular weight excluding hydrogens is 274 g/mol. The molecule has 2 N–H and O–H groups in total. The number of benzene rings is 1. The SMILES string of the molecule is O=C(O)CCCCC(=O)c1ccc2c(c1)C(=O)NCCO2. The summed E-state index contributed by atoms with van der Waals surface area (Å²) in [6.07, 6.45) is 1.32. The largest absolute Gasteiger partial charge is 0.491 e. The van der Waals surface area contributed by atoms with Gasteiger partial charge in [0.25, 0.3) is 5.91 Å². The Morgan fingerprint density at radius 3 is 2.76 bits per heavy atom. The summed E-state index contributed by atoms with van der Waals surface area (Å²) in [6, 6.07) is 4.80. The van der Waals surface area contributed by atoms with Crippen LogP contribution >= 0.6 is 0 Å². The molecule has 0 atom stereocenters. The van der Waals surface area contributed by atoms with Crippen LogP contribution in [0.1, 0.15) is 46.4 Å². The van der Waals surface area contributed by atoms with E-state index in [9.17, 15) is 14.4 Å². The molecule has 2 rings (SSSR count). The minimum atomic E-state index is -0.860. The van der Waals surface area contributed by atoms with Crippen LogP contribution in [0.2, 0.25) is 0 Å². The molecule has 112 valence electrons. The lowest BCUT2D eigenvalue weighted by Crippen LogP contribution is -2.24. The zero-order chi connectivity index (χ0) is 15.2. The van der Waals surface area contributed by atoms with Crippen LogP contribution in [0.5, 0.6) is 5.75 Å². The highest BCUT2D eigenvalue weighted by molar-refractivity contribution is 6.02. The molecule has 0 fully saturated rings. The number of unbranched alkanes of at least 4 members (excludes halogenated alkanes) is 1. The normalized spacial score (nSPS) is 13.6. The molecule has 21 heavy (non-hydrogen) atoms. The highest BCUT2D eigenvalue weighted by Gasteiger charge is 2.18. The summed E-state index contributed by atoms with van der Waals surface area (Å²) in [6.45, 7) is 0.840. The molecular formula is C15H17NO5. The van der Waals surface area contributed by atoms with Gasteiger partial charge in [0, 0.05) is 18.4 Å². The molecule has 1 aromatic carbocycles. The van der Waals surface area contributed by atoms with Crippen LogP contribution in [-0.4, -0.2) is 35.9 Å². The smallest absolute Gasteiger partial charge is 0.303 e. The van der Waals surface area contributed by atoms with E-state index in [1.54, 1.807) is 12.1 Å². The number of carbonyl (C=O) groups is 3. The fraction of sp³-hybridized carbons (Fsp3) is 0.400. The number of carbonyl (C=O) groups excluding carboxylic acids is 2. The number of nitrogens with one attached hydrogen (secondary N) is 1. The Morgan fingerprint density at radius 2 is 2.00 bits per heavy atom. The lowest BCUT2D eigenvalue weighted by atomic mass is 10.0. The lowest BCUT2D eigenvalue weighted by molar-refractivity contribution is -0.137. The second kappa shape index (κ2) is 6.88. The summed E-state index contributed by atoms with van der Waals surface area (Å²) in [5, 5.41) is 11.2. The predicted octanol–water partition coefficient (Wildman–Crippen LogP) is 1.64. The summed E-state index contributed by atoms with van der Waals surface area (Å²) >= 11 is 0. The maximum atomic E-state index is 12.0. The fourth-order valence-corrected chi connectivity index (χ4v) is 2.13. The Hall–Kier alpha value is -2.37. The maximum Gasteiger partial charge on any atom is 0.303 e. The van der Waals surface area contributed by atoms with Gasteiger partial charge in [0.15, 0.2) is 5.78 Å². The van der Waals surface area contributed by atoms with Gasteiger partial charge in [-0.2, -0.15) is 0 Å². The zero-order valence-electron chi connectivity index (χ0n) is 11.6. The van der Waals surface area contributed by atoms with E-state index in [0.717, 1.165) is 0 Å². The second-order valence-electron chi connectivity index (χ2n) is 4.84. The van der Waals surface area contributed by atoms with Crippen LogP contribution in [0.3, 0.4) is 0 Å². The molecule has 0 radical (unpaired) electrons. The van der Waals surface area contributed by atoms with Crippen LogP contribution in [0.25, 0.3) is 0 Å². The maximum absolute atomic E-state index is 12.0. The van der Waals surface area contributed by atoms with Crippen LogP contribution in [0.15, 0.2) is 18.2 Å². The second-order valence-corrected chi connectivity index (χ2v) is 4.84. The number of ketones is 1. The van der Waals surface area contributed by atoms with Crippen LogP contribution in [0, 0.1) is 0 Å². The zero-order valence-corrected chi connectivity index (χ0v) is 11.6. The van der Waals surface area contributed by atoms with Gasteiger partial charge in [0.05, 0.1) is 12.1 Å². The van der Waals surface area contributed by atoms with Crippen molar-refractivity contribution >= 4 is 17.7 Å². The van der Waals surface area contributed by atoms with Gasteiger partial charge in [0.1, 0.15) is 12.4 Å². The van der Waals surface area contributed by atoms with Crippen LogP contribution in [-0.2, 0) is 4.79 Å². The van der Waals surface area contributed by atoms with Gasteiger partial charge in [-0.1, -0.05) is 0 Å². The number of Topliss-reactive ketones (excluding diaryl/α,β-unsaturated/α-hetero) is 1. The van der Waals surface area contributed by atoms with E-state index < -0.39 is 5.97 Å². The Kier molecular flexibility index (Phi) is 4.92. The van der Waals surface area contributed by atoms with Crippen molar-refractivity contribution in [1.29, 1.82) is 0 Å². The van der Waals surface area contributed by atoms with Crippen molar-refractivity contribution in [2.45, 2.75) is 25.7 Å². The van der Waals surface area contributed by atoms with Gasteiger partial charge in [-0.05, 0) is 31.0 Å². The summed E-state index contributed by atoms with van der Waals surface area (Å²) in [4.78, 5) is 34.3. The molecule has 0 aliphatic carbocycles. The van der Waals surface area contributed by atoms with Gasteiger partial charge in [-0.15, -0.1) is 0 Å². The van der Waals surface area contributed by atoms with E-state index in [1.165, 1.54) is 6.07 Å². The van der Waals surface area contributed by atoms with E-state index in [0.29, 0.717) is 42.9 Å². The standard InChI is InChI=1S/C15H17NO5/c17-12(3-1-2-4-14(18)19)10-5-6-13-11(9-10)15(20)16-7-8-21-13/h5-6,9H,1-4,7-8H2,(H,16,20)(H,18,19). The van der Waals surface area contributed by atoms with Crippen molar-refractivity contribution in [2.75, 3.05) is 13.2 Å². The molecule has 1 heterocycles. The minimum Gasteiger partial charge on any atom is -0.491 e. The van der Waals surface area contributed by atoms with Crippen molar-refractivity contribution in [2.24, 2.45) is 0 Å². The number of carboxylic acid groups (broad SMARTS) is 1. The van der Waals surface area contributed by atoms with Crippen molar-refractivity contribution < 1.29 is 24.2 Å².